The molecule has 20 heavy (non-hydrogen) atoms. The van der Waals surface area contributed by atoms with E-state index in [1.165, 1.54) is 0 Å². The van der Waals surface area contributed by atoms with E-state index in [1.54, 1.807) is 30.3 Å². The van der Waals surface area contributed by atoms with Crippen LogP contribution in [0.15, 0.2) is 42.5 Å². The van der Waals surface area contributed by atoms with E-state index < -0.39 is 0 Å². The Labute approximate surface area is 127 Å². The van der Waals surface area contributed by atoms with Gasteiger partial charge in [0.2, 0.25) is 0 Å². The molecule has 3 nitrogen and oxygen atoms in total. The van der Waals surface area contributed by atoms with Crippen LogP contribution in [-0.2, 0) is 6.42 Å². The number of carbonyl (C=O) groups is 1. The van der Waals surface area contributed by atoms with E-state index in [4.69, 9.17) is 23.2 Å². The lowest BCUT2D eigenvalue weighted by Gasteiger charge is -2.07. The van der Waals surface area contributed by atoms with E-state index in [0.29, 0.717) is 28.6 Å². The third-order valence-corrected chi connectivity index (χ3v) is 3.37. The van der Waals surface area contributed by atoms with Gasteiger partial charge in [0, 0.05) is 11.6 Å². The average Bonchev–Trinajstić information content (AvgIpc) is 2.43. The molecule has 0 aromatic heterocycles. The first kappa shape index (κ1) is 14.7. The number of carbonyl (C=O) groups excluding carboxylic acids is 1. The Balaban J connectivity index is 1.92. The van der Waals surface area contributed by atoms with E-state index in [9.17, 15) is 9.90 Å². The molecule has 0 saturated heterocycles. The van der Waals surface area contributed by atoms with Crippen LogP contribution in [0.5, 0.6) is 5.75 Å². The number of aromatic hydroxyl groups is 1. The van der Waals surface area contributed by atoms with Crippen LogP contribution >= 0.6 is 23.2 Å². The molecule has 0 unspecified atom stereocenters. The van der Waals surface area contributed by atoms with Gasteiger partial charge in [0.05, 0.1) is 10.6 Å². The maximum atomic E-state index is 12.0. The Morgan fingerprint density at radius 3 is 2.50 bits per heavy atom. The van der Waals surface area contributed by atoms with Gasteiger partial charge in [-0.3, -0.25) is 4.79 Å². The third-order valence-electron chi connectivity index (χ3n) is 2.81. The SMILES string of the molecule is O=C(NCCc1ccc(O)cc1)c1cc(Cl)ccc1Cl. The Morgan fingerprint density at radius 2 is 1.80 bits per heavy atom. The molecule has 5 heteroatoms. The first-order valence-corrected chi connectivity index (χ1v) is 6.83. The molecule has 2 N–H and O–H groups in total. The minimum atomic E-state index is -0.253. The second-order valence-corrected chi connectivity index (χ2v) is 5.14. The van der Waals surface area contributed by atoms with Crippen LogP contribution in [0, 0.1) is 0 Å². The molecule has 104 valence electrons. The summed E-state index contributed by atoms with van der Waals surface area (Å²) in [5.74, 6) is -0.0280. The Morgan fingerprint density at radius 1 is 1.10 bits per heavy atom. The van der Waals surface area contributed by atoms with E-state index in [1.807, 2.05) is 12.1 Å². The molecule has 0 aliphatic rings. The van der Waals surface area contributed by atoms with Gasteiger partial charge in [-0.05, 0) is 42.3 Å². The number of hydrogen-bond acceptors (Lipinski definition) is 2. The van der Waals surface area contributed by atoms with Gasteiger partial charge in [-0.15, -0.1) is 0 Å². The fourth-order valence-electron chi connectivity index (χ4n) is 1.75. The van der Waals surface area contributed by atoms with Gasteiger partial charge in [0.1, 0.15) is 5.75 Å². The van der Waals surface area contributed by atoms with Crippen LogP contribution < -0.4 is 5.32 Å². The van der Waals surface area contributed by atoms with Crippen molar-refractivity contribution in [2.45, 2.75) is 6.42 Å². The van der Waals surface area contributed by atoms with E-state index in [2.05, 4.69) is 5.32 Å². The predicted molar refractivity (Wildman–Crippen MR) is 80.6 cm³/mol. The summed E-state index contributed by atoms with van der Waals surface area (Å²) in [4.78, 5) is 12.0. The minimum Gasteiger partial charge on any atom is -0.508 e. The Hall–Kier alpha value is -1.71. The number of phenols is 1. The fourth-order valence-corrected chi connectivity index (χ4v) is 2.13. The monoisotopic (exact) mass is 309 g/mol. The Bertz CT molecular complexity index is 612. The highest BCUT2D eigenvalue weighted by molar-refractivity contribution is 6.35. The van der Waals surface area contributed by atoms with Crippen LogP contribution in [0.1, 0.15) is 15.9 Å². The molecule has 0 aliphatic carbocycles. The molecule has 0 fully saturated rings. The third kappa shape index (κ3) is 3.89. The van der Waals surface area contributed by atoms with Crippen LogP contribution in [0.2, 0.25) is 10.0 Å². The highest BCUT2D eigenvalue weighted by Gasteiger charge is 2.10. The first-order chi connectivity index (χ1) is 9.56. The molecule has 0 aliphatic heterocycles. The molecule has 0 heterocycles. The summed E-state index contributed by atoms with van der Waals surface area (Å²) in [6.45, 7) is 0.479. The zero-order chi connectivity index (χ0) is 14.5. The van der Waals surface area contributed by atoms with Crippen LogP contribution in [0.4, 0.5) is 0 Å². The van der Waals surface area contributed by atoms with Crippen molar-refractivity contribution in [1.82, 2.24) is 5.32 Å². The largest absolute Gasteiger partial charge is 0.508 e. The normalized spacial score (nSPS) is 10.3. The number of halogens is 2. The van der Waals surface area contributed by atoms with Crippen molar-refractivity contribution in [3.63, 3.8) is 0 Å². The number of amides is 1. The van der Waals surface area contributed by atoms with Crippen molar-refractivity contribution in [1.29, 1.82) is 0 Å². The standard InChI is InChI=1S/C15H13Cl2NO2/c16-11-3-6-14(17)13(9-11)15(20)18-8-7-10-1-4-12(19)5-2-10/h1-6,9,19H,7-8H2,(H,18,20). The molecule has 0 bridgehead atoms. The van der Waals surface area contributed by atoms with Crippen molar-refractivity contribution in [2.75, 3.05) is 6.54 Å². The highest BCUT2D eigenvalue weighted by atomic mass is 35.5. The number of phenolic OH excluding ortho intramolecular Hbond substituents is 1. The van der Waals surface area contributed by atoms with Crippen molar-refractivity contribution in [2.24, 2.45) is 0 Å². The fraction of sp³-hybridized carbons (Fsp3) is 0.133. The molecule has 2 aromatic carbocycles. The molecule has 1 amide bonds. The number of rotatable bonds is 4. The van der Waals surface area contributed by atoms with Gasteiger partial charge >= 0.3 is 0 Å². The first-order valence-electron chi connectivity index (χ1n) is 6.07. The van der Waals surface area contributed by atoms with Gasteiger partial charge in [0.25, 0.3) is 5.91 Å². The van der Waals surface area contributed by atoms with E-state index >= 15 is 0 Å². The molecule has 0 radical (unpaired) electrons. The second-order valence-electron chi connectivity index (χ2n) is 4.30. The summed E-state index contributed by atoms with van der Waals surface area (Å²) in [6.07, 6.45) is 0.671. The lowest BCUT2D eigenvalue weighted by atomic mass is 10.1. The van der Waals surface area contributed by atoms with Gasteiger partial charge in [-0.25, -0.2) is 0 Å². The number of benzene rings is 2. The molecule has 0 atom stereocenters. The van der Waals surface area contributed by atoms with Gasteiger partial charge in [-0.2, -0.15) is 0 Å². The van der Waals surface area contributed by atoms with Gasteiger partial charge < -0.3 is 10.4 Å². The van der Waals surface area contributed by atoms with Crippen molar-refractivity contribution in [3.8, 4) is 5.75 Å². The van der Waals surface area contributed by atoms with Crippen LogP contribution in [-0.4, -0.2) is 17.6 Å². The topological polar surface area (TPSA) is 49.3 Å². The van der Waals surface area contributed by atoms with Gasteiger partial charge in [-0.1, -0.05) is 35.3 Å². The lowest BCUT2D eigenvalue weighted by molar-refractivity contribution is 0.0954. The minimum absolute atomic E-state index is 0.225. The summed E-state index contributed by atoms with van der Waals surface area (Å²) in [7, 11) is 0. The lowest BCUT2D eigenvalue weighted by Crippen LogP contribution is -2.25. The van der Waals surface area contributed by atoms with Gasteiger partial charge in [0.15, 0.2) is 0 Å². The zero-order valence-electron chi connectivity index (χ0n) is 10.6. The second kappa shape index (κ2) is 6.64. The quantitative estimate of drug-likeness (QED) is 0.905. The summed E-state index contributed by atoms with van der Waals surface area (Å²) in [5, 5.41) is 12.8. The van der Waals surface area contributed by atoms with E-state index in [0.717, 1.165) is 5.56 Å². The molecule has 0 spiro atoms. The average molecular weight is 310 g/mol. The molecule has 0 saturated carbocycles. The molecule has 2 aromatic rings. The maximum absolute atomic E-state index is 12.0. The van der Waals surface area contributed by atoms with Crippen LogP contribution in [0.25, 0.3) is 0 Å². The predicted octanol–water partition coefficient (Wildman–Crippen LogP) is 3.67. The van der Waals surface area contributed by atoms with Crippen molar-refractivity contribution in [3.05, 3.63) is 63.6 Å². The number of hydrogen-bond donors (Lipinski definition) is 2. The smallest absolute Gasteiger partial charge is 0.252 e. The summed E-state index contributed by atoms with van der Waals surface area (Å²) in [6, 6.07) is 11.6. The van der Waals surface area contributed by atoms with E-state index in [-0.39, 0.29) is 11.7 Å². The molecule has 2 rings (SSSR count). The summed E-state index contributed by atoms with van der Waals surface area (Å²) >= 11 is 11.8. The highest BCUT2D eigenvalue weighted by Crippen LogP contribution is 2.20. The number of nitrogens with one attached hydrogen (secondary N) is 1. The Kier molecular flexibility index (Phi) is 4.88. The zero-order valence-corrected chi connectivity index (χ0v) is 12.1. The molecular weight excluding hydrogens is 297 g/mol. The van der Waals surface area contributed by atoms with Crippen molar-refractivity contribution < 1.29 is 9.90 Å². The van der Waals surface area contributed by atoms with Crippen LogP contribution in [0.3, 0.4) is 0 Å². The maximum Gasteiger partial charge on any atom is 0.252 e. The van der Waals surface area contributed by atoms with Crippen molar-refractivity contribution >= 4 is 29.1 Å². The summed E-state index contributed by atoms with van der Waals surface area (Å²) in [5.41, 5.74) is 1.39. The molecular formula is C15H13Cl2NO2. The summed E-state index contributed by atoms with van der Waals surface area (Å²) < 4.78 is 0.